The highest BCUT2D eigenvalue weighted by atomic mass is 35.5. The van der Waals surface area contributed by atoms with Crippen LogP contribution >= 0.6 is 11.6 Å². The largest absolute Gasteiger partial charge is 0.448 e. The molecule has 0 radical (unpaired) electrons. The third-order valence-corrected chi connectivity index (χ3v) is 6.66. The number of halogens is 1. The Kier molecular flexibility index (Phi) is 7.27. The molecule has 0 spiro atoms. The molecule has 1 heterocycles. The lowest BCUT2D eigenvalue weighted by molar-refractivity contribution is -0.124. The van der Waals surface area contributed by atoms with Crippen molar-refractivity contribution in [1.29, 1.82) is 0 Å². The van der Waals surface area contributed by atoms with Gasteiger partial charge >= 0.3 is 5.97 Å². The Morgan fingerprint density at radius 1 is 0.972 bits per heavy atom. The maximum Gasteiger partial charge on any atom is 0.356 e. The minimum absolute atomic E-state index is 0.0685. The lowest BCUT2D eigenvalue weighted by Crippen LogP contribution is -2.34. The second-order valence-corrected chi connectivity index (χ2v) is 9.12. The summed E-state index contributed by atoms with van der Waals surface area (Å²) in [7, 11) is 1.53. The van der Waals surface area contributed by atoms with E-state index in [1.165, 1.54) is 11.6 Å². The fourth-order valence-corrected chi connectivity index (χ4v) is 4.35. The van der Waals surface area contributed by atoms with Gasteiger partial charge in [-0.15, -0.1) is 0 Å². The zero-order chi connectivity index (χ0) is 26.0. The Balaban J connectivity index is 1.76. The molecule has 0 saturated carbocycles. The van der Waals surface area contributed by atoms with Crippen LogP contribution in [0.3, 0.4) is 0 Å². The lowest BCUT2D eigenvalue weighted by Gasteiger charge is -2.20. The van der Waals surface area contributed by atoms with Crippen molar-refractivity contribution in [3.8, 4) is 11.1 Å². The Hall–Kier alpha value is -3.90. The number of aryl methyl sites for hydroxylation is 1. The predicted octanol–water partition coefficient (Wildman–Crippen LogP) is 6.05. The number of hydrogen-bond acceptors (Lipinski definition) is 4. The smallest absolute Gasteiger partial charge is 0.356 e. The van der Waals surface area contributed by atoms with Gasteiger partial charge in [-0.05, 0) is 66.6 Å². The first-order valence-corrected chi connectivity index (χ1v) is 12.1. The van der Waals surface area contributed by atoms with Crippen LogP contribution in [0, 0.1) is 13.8 Å². The third kappa shape index (κ3) is 4.77. The molecular weight excluding hydrogens is 476 g/mol. The van der Waals surface area contributed by atoms with E-state index in [4.69, 9.17) is 16.3 Å². The van der Waals surface area contributed by atoms with Gasteiger partial charge in [0.15, 0.2) is 6.10 Å². The second kappa shape index (κ2) is 10.4. The molecule has 0 fully saturated rings. The number of carbonyl (C=O) groups excluding carboxylic acids is 2. The molecule has 0 aliphatic carbocycles. The first kappa shape index (κ1) is 25.2. The van der Waals surface area contributed by atoms with Crippen LogP contribution in [0.15, 0.2) is 71.5 Å². The van der Waals surface area contributed by atoms with Gasteiger partial charge in [0.05, 0.1) is 0 Å². The molecule has 7 heteroatoms. The quantitative estimate of drug-likeness (QED) is 0.325. The number of carbonyl (C=O) groups is 2. The minimum atomic E-state index is -1.04. The van der Waals surface area contributed by atoms with Crippen molar-refractivity contribution in [1.82, 2.24) is 4.57 Å². The van der Waals surface area contributed by atoms with E-state index in [0.29, 0.717) is 32.6 Å². The second-order valence-electron chi connectivity index (χ2n) is 8.68. The molecule has 0 saturated heterocycles. The van der Waals surface area contributed by atoms with E-state index in [2.05, 4.69) is 5.32 Å². The van der Waals surface area contributed by atoms with E-state index in [1.54, 1.807) is 55.5 Å². The zero-order valence-corrected chi connectivity index (χ0v) is 21.3. The molecule has 1 atom stereocenters. The number of benzene rings is 3. The Morgan fingerprint density at radius 3 is 2.31 bits per heavy atom. The summed E-state index contributed by atoms with van der Waals surface area (Å²) >= 11 is 6.09. The molecule has 1 aromatic heterocycles. The molecule has 4 rings (SSSR count). The van der Waals surface area contributed by atoms with Gasteiger partial charge in [-0.25, -0.2) is 4.79 Å². The van der Waals surface area contributed by atoms with Crippen molar-refractivity contribution in [2.24, 2.45) is 7.05 Å². The molecule has 1 amide bonds. The van der Waals surface area contributed by atoms with E-state index < -0.39 is 18.0 Å². The fourth-order valence-electron chi connectivity index (χ4n) is 4.22. The van der Waals surface area contributed by atoms with Crippen LogP contribution in [0.4, 0.5) is 5.69 Å². The van der Waals surface area contributed by atoms with Gasteiger partial charge < -0.3 is 14.6 Å². The van der Waals surface area contributed by atoms with Gasteiger partial charge in [-0.3, -0.25) is 9.59 Å². The number of fused-ring (bicyclic) bond motifs is 1. The highest BCUT2D eigenvalue weighted by molar-refractivity contribution is 6.30. The molecule has 0 bridgehead atoms. The summed E-state index contributed by atoms with van der Waals surface area (Å²) in [6.07, 6.45) is -0.780. The summed E-state index contributed by atoms with van der Waals surface area (Å²) in [5, 5.41) is 4.50. The monoisotopic (exact) mass is 502 g/mol. The number of rotatable bonds is 6. The van der Waals surface area contributed by atoms with Crippen LogP contribution in [-0.2, 0) is 16.6 Å². The van der Waals surface area contributed by atoms with Crippen molar-refractivity contribution in [3.63, 3.8) is 0 Å². The maximum absolute atomic E-state index is 13.6. The molecule has 1 N–H and O–H groups in total. The number of anilines is 1. The topological polar surface area (TPSA) is 77.4 Å². The van der Waals surface area contributed by atoms with Crippen LogP contribution in [0.25, 0.3) is 21.9 Å². The Bertz CT molecular complexity index is 1520. The lowest BCUT2D eigenvalue weighted by atomic mass is 9.96. The molecule has 0 aliphatic heterocycles. The normalized spacial score (nSPS) is 11.8. The molecule has 4 aromatic rings. The number of hydrogen-bond donors (Lipinski definition) is 1. The van der Waals surface area contributed by atoms with Gasteiger partial charge in [0.2, 0.25) is 0 Å². The predicted molar refractivity (Wildman–Crippen MR) is 144 cm³/mol. The first-order chi connectivity index (χ1) is 17.2. The number of aromatic nitrogens is 1. The van der Waals surface area contributed by atoms with Gasteiger partial charge in [0, 0.05) is 28.7 Å². The standard InChI is InChI=1S/C29H27ClN2O4/c1-5-24(27(33)31-23-12-8-9-17(2)18(23)3)36-29(35)26-25(19-13-15-20(30)16-14-19)21-10-6-7-11-22(21)28(34)32(26)4/h6-16,24H,5H2,1-4H3,(H,31,33). The fraction of sp³-hybridized carbons (Fsp3) is 0.207. The van der Waals surface area contributed by atoms with E-state index in [9.17, 15) is 14.4 Å². The SMILES string of the molecule is CCC(OC(=O)c1c(-c2ccc(Cl)cc2)c2ccccc2c(=O)n1C)C(=O)Nc1cccc(C)c1C. The summed E-state index contributed by atoms with van der Waals surface area (Å²) in [6.45, 7) is 5.64. The van der Waals surface area contributed by atoms with Crippen LogP contribution in [0.5, 0.6) is 0 Å². The van der Waals surface area contributed by atoms with Crippen LogP contribution in [-0.4, -0.2) is 22.5 Å². The van der Waals surface area contributed by atoms with E-state index >= 15 is 0 Å². The van der Waals surface area contributed by atoms with Gasteiger partial charge in [0.25, 0.3) is 11.5 Å². The summed E-state index contributed by atoms with van der Waals surface area (Å²) in [6, 6.07) is 19.7. The van der Waals surface area contributed by atoms with Crippen molar-refractivity contribution in [2.45, 2.75) is 33.3 Å². The van der Waals surface area contributed by atoms with Crippen molar-refractivity contribution < 1.29 is 14.3 Å². The molecular formula is C29H27ClN2O4. The Labute approximate surface area is 214 Å². The minimum Gasteiger partial charge on any atom is -0.448 e. The summed E-state index contributed by atoms with van der Waals surface area (Å²) in [5.41, 5.74) is 3.62. The molecule has 184 valence electrons. The van der Waals surface area contributed by atoms with E-state index in [0.717, 1.165) is 11.1 Å². The van der Waals surface area contributed by atoms with Crippen LogP contribution in [0.1, 0.15) is 35.0 Å². The van der Waals surface area contributed by atoms with Crippen LogP contribution in [0.2, 0.25) is 5.02 Å². The number of amides is 1. The van der Waals surface area contributed by atoms with Gasteiger partial charge in [-0.2, -0.15) is 0 Å². The number of ether oxygens (including phenoxy) is 1. The molecule has 1 unspecified atom stereocenters. The third-order valence-electron chi connectivity index (χ3n) is 6.40. The van der Waals surface area contributed by atoms with E-state index in [1.807, 2.05) is 32.0 Å². The van der Waals surface area contributed by atoms with Gasteiger partial charge in [0.1, 0.15) is 5.69 Å². The molecule has 36 heavy (non-hydrogen) atoms. The number of nitrogens with one attached hydrogen (secondary N) is 1. The summed E-state index contributed by atoms with van der Waals surface area (Å²) in [4.78, 5) is 39.8. The number of pyridine rings is 1. The molecule has 3 aromatic carbocycles. The zero-order valence-electron chi connectivity index (χ0n) is 20.6. The average Bonchev–Trinajstić information content (AvgIpc) is 2.87. The number of nitrogens with zero attached hydrogens (tertiary/aromatic N) is 1. The highest BCUT2D eigenvalue weighted by Gasteiger charge is 2.28. The van der Waals surface area contributed by atoms with Gasteiger partial charge in [-0.1, -0.05) is 61.0 Å². The summed E-state index contributed by atoms with van der Waals surface area (Å²) < 4.78 is 7.01. The number of esters is 1. The van der Waals surface area contributed by atoms with E-state index in [-0.39, 0.29) is 17.7 Å². The highest BCUT2D eigenvalue weighted by Crippen LogP contribution is 2.32. The maximum atomic E-state index is 13.6. The van der Waals surface area contributed by atoms with Crippen molar-refractivity contribution in [3.05, 3.63) is 98.9 Å². The van der Waals surface area contributed by atoms with Crippen molar-refractivity contribution >= 4 is 39.9 Å². The van der Waals surface area contributed by atoms with Crippen LogP contribution < -0.4 is 10.9 Å². The average molecular weight is 503 g/mol. The Morgan fingerprint density at radius 2 is 1.64 bits per heavy atom. The van der Waals surface area contributed by atoms with Crippen molar-refractivity contribution in [2.75, 3.05) is 5.32 Å². The molecule has 6 nitrogen and oxygen atoms in total. The molecule has 0 aliphatic rings. The summed E-state index contributed by atoms with van der Waals surface area (Å²) in [5.74, 6) is -1.19. The first-order valence-electron chi connectivity index (χ1n) is 11.7.